The van der Waals surface area contributed by atoms with Crippen LogP contribution in [0.5, 0.6) is 5.75 Å². The molecule has 7 heteroatoms. The van der Waals surface area contributed by atoms with Gasteiger partial charge in [-0.05, 0) is 17.7 Å². The lowest BCUT2D eigenvalue weighted by molar-refractivity contribution is -0.151. The topological polar surface area (TPSA) is 94.5 Å². The lowest BCUT2D eigenvalue weighted by atomic mass is 9.82. The molecule has 0 fully saturated rings. The molecule has 0 bridgehead atoms. The van der Waals surface area contributed by atoms with E-state index in [0.717, 1.165) is 0 Å². The highest BCUT2D eigenvalue weighted by molar-refractivity contribution is 5.83. The molecule has 2 N–H and O–H groups in total. The van der Waals surface area contributed by atoms with Crippen molar-refractivity contribution in [3.05, 3.63) is 29.8 Å². The summed E-state index contributed by atoms with van der Waals surface area (Å²) in [6.07, 6.45) is 0. The van der Waals surface area contributed by atoms with E-state index in [2.05, 4.69) is 4.74 Å². The van der Waals surface area contributed by atoms with E-state index in [-0.39, 0.29) is 6.79 Å². The number of esters is 1. The Morgan fingerprint density at radius 2 is 1.73 bits per heavy atom. The summed E-state index contributed by atoms with van der Waals surface area (Å²) in [5.74, 6) is -0.162. The Morgan fingerprint density at radius 3 is 2.23 bits per heavy atom. The zero-order valence-electron chi connectivity index (χ0n) is 12.8. The molecule has 0 saturated carbocycles. The molecule has 0 amide bonds. The number of carbonyl (C=O) groups is 1. The fraction of sp³-hybridized carbons (Fsp3) is 0.533. The number of aliphatic hydroxyl groups is 2. The van der Waals surface area contributed by atoms with Gasteiger partial charge in [-0.15, -0.1) is 0 Å². The number of benzene rings is 1. The van der Waals surface area contributed by atoms with Crippen LogP contribution >= 0.6 is 0 Å². The van der Waals surface area contributed by atoms with Gasteiger partial charge in [0.2, 0.25) is 0 Å². The number of hydrogen-bond donors (Lipinski definition) is 2. The highest BCUT2D eigenvalue weighted by Gasteiger charge is 2.40. The van der Waals surface area contributed by atoms with Crippen LogP contribution in [0.15, 0.2) is 24.3 Å². The maximum Gasteiger partial charge on any atom is 0.321 e. The fourth-order valence-corrected chi connectivity index (χ4v) is 1.86. The number of carbonyl (C=O) groups excluding carboxylic acids is 1. The third-order valence-electron chi connectivity index (χ3n) is 3.26. The first-order valence-corrected chi connectivity index (χ1v) is 6.74. The monoisotopic (exact) mass is 314 g/mol. The number of aliphatic hydroxyl groups excluding tert-OH is 2. The number of hydrogen-bond acceptors (Lipinski definition) is 7. The summed E-state index contributed by atoms with van der Waals surface area (Å²) in [6.45, 7) is -0.135. The summed E-state index contributed by atoms with van der Waals surface area (Å²) < 4.78 is 20.0. The van der Waals surface area contributed by atoms with Crippen LogP contribution in [0.3, 0.4) is 0 Å². The molecular formula is C15H22O7. The number of rotatable bonds is 10. The number of methoxy groups -OCH3 is 2. The zero-order chi connectivity index (χ0) is 16.4. The van der Waals surface area contributed by atoms with Gasteiger partial charge in [0.15, 0.2) is 6.79 Å². The van der Waals surface area contributed by atoms with E-state index < -0.39 is 24.6 Å². The van der Waals surface area contributed by atoms with E-state index in [1.165, 1.54) is 7.11 Å². The first kappa shape index (κ1) is 18.4. The van der Waals surface area contributed by atoms with Gasteiger partial charge in [0.05, 0.1) is 33.5 Å². The maximum atomic E-state index is 11.8. The van der Waals surface area contributed by atoms with E-state index >= 15 is 0 Å². The van der Waals surface area contributed by atoms with Crippen molar-refractivity contribution in [2.45, 2.75) is 5.41 Å². The average Bonchev–Trinajstić information content (AvgIpc) is 2.57. The van der Waals surface area contributed by atoms with Crippen LogP contribution in [0.2, 0.25) is 0 Å². The first-order chi connectivity index (χ1) is 10.6. The molecule has 0 aromatic heterocycles. The molecule has 7 nitrogen and oxygen atoms in total. The molecule has 124 valence electrons. The van der Waals surface area contributed by atoms with Crippen molar-refractivity contribution in [1.82, 2.24) is 0 Å². The van der Waals surface area contributed by atoms with Gasteiger partial charge in [-0.1, -0.05) is 12.1 Å². The third kappa shape index (κ3) is 4.41. The molecule has 0 heterocycles. The molecular weight excluding hydrogens is 292 g/mol. The standard InChI is InChI=1S/C15H22O7/c1-19-7-8-21-11-22-13-5-3-12(4-6-13)15(9-16,10-17)14(18)20-2/h3-6,16-17H,7-11H2,1-2H3. The maximum absolute atomic E-state index is 11.8. The Bertz CT molecular complexity index is 440. The zero-order valence-corrected chi connectivity index (χ0v) is 12.8. The second-order valence-electron chi connectivity index (χ2n) is 4.58. The Kier molecular flexibility index (Phi) is 7.83. The Labute approximate surface area is 129 Å². The molecule has 0 aliphatic carbocycles. The second kappa shape index (κ2) is 9.37. The summed E-state index contributed by atoms with van der Waals surface area (Å²) in [6, 6.07) is 6.43. The molecule has 0 unspecified atom stereocenters. The molecule has 22 heavy (non-hydrogen) atoms. The first-order valence-electron chi connectivity index (χ1n) is 6.74. The van der Waals surface area contributed by atoms with Crippen molar-refractivity contribution >= 4 is 5.97 Å². The van der Waals surface area contributed by atoms with Gasteiger partial charge in [-0.25, -0.2) is 0 Å². The summed E-state index contributed by atoms with van der Waals surface area (Å²) in [7, 11) is 2.79. The predicted molar refractivity (Wildman–Crippen MR) is 77.6 cm³/mol. The van der Waals surface area contributed by atoms with Crippen LogP contribution < -0.4 is 4.74 Å². The third-order valence-corrected chi connectivity index (χ3v) is 3.26. The van der Waals surface area contributed by atoms with Crippen molar-refractivity contribution in [1.29, 1.82) is 0 Å². The molecule has 0 radical (unpaired) electrons. The summed E-state index contributed by atoms with van der Waals surface area (Å²) in [5, 5.41) is 19.0. The van der Waals surface area contributed by atoms with Crippen LogP contribution in [0, 0.1) is 0 Å². The van der Waals surface area contributed by atoms with Gasteiger partial charge in [-0.2, -0.15) is 0 Å². The van der Waals surface area contributed by atoms with Crippen LogP contribution in [-0.2, 0) is 24.4 Å². The van der Waals surface area contributed by atoms with Gasteiger partial charge in [0.1, 0.15) is 11.2 Å². The van der Waals surface area contributed by atoms with Crippen LogP contribution in [-0.4, -0.2) is 63.6 Å². The van der Waals surface area contributed by atoms with Gasteiger partial charge < -0.3 is 29.2 Å². The van der Waals surface area contributed by atoms with E-state index in [0.29, 0.717) is 24.5 Å². The molecule has 0 aliphatic heterocycles. The van der Waals surface area contributed by atoms with Crippen LogP contribution in [0.1, 0.15) is 5.56 Å². The van der Waals surface area contributed by atoms with Gasteiger partial charge in [0, 0.05) is 7.11 Å². The van der Waals surface area contributed by atoms with Gasteiger partial charge in [-0.3, -0.25) is 4.79 Å². The van der Waals surface area contributed by atoms with Crippen molar-refractivity contribution in [3.8, 4) is 5.75 Å². The van der Waals surface area contributed by atoms with Gasteiger partial charge >= 0.3 is 5.97 Å². The lowest BCUT2D eigenvalue weighted by Crippen LogP contribution is -2.44. The van der Waals surface area contributed by atoms with Crippen molar-refractivity contribution in [3.63, 3.8) is 0 Å². The smallest absolute Gasteiger partial charge is 0.321 e. The summed E-state index contributed by atoms with van der Waals surface area (Å²) >= 11 is 0. The molecule has 1 rings (SSSR count). The predicted octanol–water partition coefficient (Wildman–Crippen LogP) is 0.0813. The van der Waals surface area contributed by atoms with Crippen molar-refractivity contribution in [2.75, 3.05) is 47.4 Å². The van der Waals surface area contributed by atoms with Crippen molar-refractivity contribution < 1.29 is 34.0 Å². The number of ether oxygens (including phenoxy) is 4. The highest BCUT2D eigenvalue weighted by Crippen LogP contribution is 2.27. The summed E-state index contributed by atoms with van der Waals surface area (Å²) in [5.41, 5.74) is -1.04. The largest absolute Gasteiger partial charge is 0.468 e. The Hall–Kier alpha value is -1.67. The summed E-state index contributed by atoms with van der Waals surface area (Å²) in [4.78, 5) is 11.8. The van der Waals surface area contributed by atoms with Crippen LogP contribution in [0.4, 0.5) is 0 Å². The lowest BCUT2D eigenvalue weighted by Gasteiger charge is -2.27. The molecule has 0 saturated heterocycles. The minimum absolute atomic E-state index is 0.0743. The quantitative estimate of drug-likeness (QED) is 0.359. The van der Waals surface area contributed by atoms with E-state index in [4.69, 9.17) is 14.2 Å². The van der Waals surface area contributed by atoms with E-state index in [1.54, 1.807) is 31.4 Å². The fourth-order valence-electron chi connectivity index (χ4n) is 1.86. The molecule has 1 aromatic rings. The molecule has 1 aromatic carbocycles. The molecule has 0 atom stereocenters. The SMILES string of the molecule is COCCOCOc1ccc(C(CO)(CO)C(=O)OC)cc1. The molecule has 0 spiro atoms. The Balaban J connectivity index is 2.71. The average molecular weight is 314 g/mol. The van der Waals surface area contributed by atoms with E-state index in [1.807, 2.05) is 0 Å². The van der Waals surface area contributed by atoms with Gasteiger partial charge in [0.25, 0.3) is 0 Å². The van der Waals surface area contributed by atoms with Crippen molar-refractivity contribution in [2.24, 2.45) is 0 Å². The second-order valence-corrected chi connectivity index (χ2v) is 4.58. The van der Waals surface area contributed by atoms with E-state index in [9.17, 15) is 15.0 Å². The Morgan fingerprint density at radius 1 is 1.09 bits per heavy atom. The minimum Gasteiger partial charge on any atom is -0.468 e. The normalized spacial score (nSPS) is 11.3. The highest BCUT2D eigenvalue weighted by atomic mass is 16.7. The molecule has 0 aliphatic rings. The van der Waals surface area contributed by atoms with Crippen LogP contribution in [0.25, 0.3) is 0 Å². The minimum atomic E-state index is -1.48.